The molecule has 12 rings (SSSR count). The van der Waals surface area contributed by atoms with E-state index >= 15 is 0 Å². The number of benzene rings is 9. The third-order valence-electron chi connectivity index (χ3n) is 15.7. The number of aromatic amines is 3. The average molecular weight is 1470 g/mol. The molecule has 0 amide bonds. The summed E-state index contributed by atoms with van der Waals surface area (Å²) in [6.45, 7) is -0.449. The van der Waals surface area contributed by atoms with Crippen LogP contribution >= 0.6 is 0 Å². The fourth-order valence-electron chi connectivity index (χ4n) is 10.8. The number of nitrogens with two attached hydrogens (primary N) is 1. The van der Waals surface area contributed by atoms with Crippen molar-refractivity contribution in [3.8, 4) is 50.6 Å². The fourth-order valence-corrected chi connectivity index (χ4v) is 12.2. The third kappa shape index (κ3) is 21.1. The quantitative estimate of drug-likeness (QED) is 0.0349. The Labute approximate surface area is 582 Å². The molecule has 0 aliphatic rings. The number of rotatable bonds is 22. The molecule has 0 aliphatic carbocycles. The van der Waals surface area contributed by atoms with Gasteiger partial charge in [-0.1, -0.05) is 115 Å². The third-order valence-corrected chi connectivity index (χ3v) is 17.8. The SMILES string of the molecule is CC(C)(O)c1ccccc1-c1ccc2nc(CCc3ccc(OCC(F)(F)F)cc3)[nH]c2c1.NS(=O)(=O)c1ccccc1-c1ccc2nc(CCc3ccc(OCC(F)(F)F)cc3)[nH]c2c1.O=S(=O)(Nc1ccccc1-c1ccc2nc(CCc3ccc(OCC(F)(F)F)cc3)[nH]c2c1)C(F)(F)F. The monoisotopic (exact) mass is 1470 g/mol. The van der Waals surface area contributed by atoms with Gasteiger partial charge in [-0.15, -0.1) is 0 Å². The van der Waals surface area contributed by atoms with E-state index in [-0.39, 0.29) is 33.4 Å². The molecule has 0 radical (unpaired) electrons. The standard InChI is InChI=1S/C26H25F3N2O2.C24H19F6N3O3S.C23H20F3N3O3S/c1-25(2,32)21-6-4-3-5-20(21)18-10-13-22-23(15-18)31-24(30-22)14-9-17-7-11-19(12-8-17)33-16-26(27,28)29;25-23(26,27)14-36-17-9-5-15(6-10-17)7-12-22-31-20-11-8-16(13-21(20)32-22)18-3-1-2-4-19(18)33-37(34,35)24(28,29)30;24-23(25,26)14-32-17-9-5-15(6-10-17)7-12-22-28-19-11-8-16(13-20(19)29-22)18-3-1-2-4-21(18)33(27,30)31/h3-8,10-13,15,32H,9,14,16H2,1-2H3,(H,30,31);1-6,8-11,13,33H,7,12,14H2,(H,31,32);1-6,8-11,13H,7,12,14H2,(H,28,29)(H2,27,30,31). The number of nitrogens with zero attached hydrogens (tertiary/aromatic N) is 3. The van der Waals surface area contributed by atoms with Gasteiger partial charge in [-0.05, 0) is 163 Å². The Bertz CT molecular complexity index is 5130. The van der Waals surface area contributed by atoms with Gasteiger partial charge in [0.15, 0.2) is 19.8 Å². The number of nitrogens with one attached hydrogen (secondary N) is 4. The zero-order valence-electron chi connectivity index (χ0n) is 54.5. The summed E-state index contributed by atoms with van der Waals surface area (Å²) in [7, 11) is -9.47. The number of para-hydroxylation sites is 1. The Balaban J connectivity index is 0.000000166. The fraction of sp³-hybridized carbons (Fsp3) is 0.219. The van der Waals surface area contributed by atoms with Gasteiger partial charge in [0.05, 0.1) is 49.3 Å². The van der Waals surface area contributed by atoms with Gasteiger partial charge in [0, 0.05) is 30.4 Å². The smallest absolute Gasteiger partial charge is 0.484 e. The van der Waals surface area contributed by atoms with E-state index in [0.29, 0.717) is 72.1 Å². The largest absolute Gasteiger partial charge is 0.516 e. The number of halogens is 12. The summed E-state index contributed by atoms with van der Waals surface area (Å²) in [5.74, 6) is 2.64. The van der Waals surface area contributed by atoms with E-state index in [4.69, 9.17) is 19.3 Å². The summed E-state index contributed by atoms with van der Waals surface area (Å²) < 4.78 is 212. The minimum Gasteiger partial charge on any atom is -0.484 e. The maximum atomic E-state index is 12.8. The first-order chi connectivity index (χ1) is 48.5. The van der Waals surface area contributed by atoms with Crippen molar-refractivity contribution < 1.29 is 88.8 Å². The molecule has 3 heterocycles. The molecule has 0 unspecified atom stereocenters. The van der Waals surface area contributed by atoms with Crippen molar-refractivity contribution in [2.24, 2.45) is 5.14 Å². The van der Waals surface area contributed by atoms with Crippen LogP contribution in [0.3, 0.4) is 0 Å². The summed E-state index contributed by atoms with van der Waals surface area (Å²) in [5, 5.41) is 15.9. The lowest BCUT2D eigenvalue weighted by Crippen LogP contribution is -2.30. The molecule has 0 atom stereocenters. The minimum atomic E-state index is -5.59. The van der Waals surface area contributed by atoms with Crippen LogP contribution in [0.1, 0.15) is 53.6 Å². The lowest BCUT2D eigenvalue weighted by atomic mass is 9.89. The summed E-state index contributed by atoms with van der Waals surface area (Å²) in [5.41, 5.74) is 5.29. The lowest BCUT2D eigenvalue weighted by molar-refractivity contribution is -0.154. The van der Waals surface area contributed by atoms with Gasteiger partial charge < -0.3 is 34.3 Å². The molecule has 540 valence electrons. The van der Waals surface area contributed by atoms with E-state index in [1.54, 1.807) is 122 Å². The first kappa shape index (κ1) is 75.2. The van der Waals surface area contributed by atoms with E-state index in [0.717, 1.165) is 67.1 Å². The zero-order chi connectivity index (χ0) is 74.1. The van der Waals surface area contributed by atoms with Crippen molar-refractivity contribution >= 4 is 58.8 Å². The van der Waals surface area contributed by atoms with Crippen LogP contribution in [0.5, 0.6) is 17.2 Å². The van der Waals surface area contributed by atoms with Crippen LogP contribution in [0.4, 0.5) is 58.4 Å². The molecular weight excluding hydrogens is 1410 g/mol. The highest BCUT2D eigenvalue weighted by molar-refractivity contribution is 7.93. The number of H-pyrrole nitrogens is 3. The highest BCUT2D eigenvalue weighted by Crippen LogP contribution is 2.36. The number of aliphatic hydroxyl groups is 1. The Hall–Kier alpha value is -10.4. The van der Waals surface area contributed by atoms with Crippen LogP contribution in [0, 0.1) is 0 Å². The summed E-state index contributed by atoms with van der Waals surface area (Å²) in [4.78, 5) is 23.5. The highest BCUT2D eigenvalue weighted by atomic mass is 32.2. The maximum absolute atomic E-state index is 12.8. The van der Waals surface area contributed by atoms with Crippen molar-refractivity contribution in [3.63, 3.8) is 0 Å². The van der Waals surface area contributed by atoms with Crippen LogP contribution in [0.15, 0.2) is 205 Å². The molecule has 9 aromatic carbocycles. The number of aromatic nitrogens is 6. The van der Waals surface area contributed by atoms with Gasteiger partial charge in [0.25, 0.3) is 0 Å². The average Bonchev–Trinajstić information content (AvgIpc) is 1.10. The van der Waals surface area contributed by atoms with E-state index in [1.807, 2.05) is 48.5 Å². The molecule has 0 saturated carbocycles. The molecule has 30 heteroatoms. The van der Waals surface area contributed by atoms with Gasteiger partial charge in [-0.25, -0.2) is 28.5 Å². The van der Waals surface area contributed by atoms with Crippen molar-refractivity contribution in [2.75, 3.05) is 24.5 Å². The Morgan fingerprint density at radius 3 is 1.11 bits per heavy atom. The van der Waals surface area contributed by atoms with E-state index in [1.165, 1.54) is 48.5 Å². The van der Waals surface area contributed by atoms with Gasteiger partial charge in [-0.3, -0.25) is 4.72 Å². The van der Waals surface area contributed by atoms with Crippen molar-refractivity contribution in [1.29, 1.82) is 0 Å². The van der Waals surface area contributed by atoms with Crippen LogP contribution < -0.4 is 24.1 Å². The second-order valence-electron chi connectivity index (χ2n) is 24.1. The van der Waals surface area contributed by atoms with Crippen LogP contribution in [-0.2, 0) is 64.2 Å². The van der Waals surface area contributed by atoms with Crippen molar-refractivity contribution in [1.82, 2.24) is 29.9 Å². The molecule has 12 aromatic rings. The molecule has 7 N–H and O–H groups in total. The topological polar surface area (TPSA) is 240 Å². The number of hydrogen-bond donors (Lipinski definition) is 6. The van der Waals surface area contributed by atoms with Crippen molar-refractivity contribution in [2.45, 2.75) is 86.9 Å². The van der Waals surface area contributed by atoms with Gasteiger partial charge in [0.2, 0.25) is 10.0 Å². The zero-order valence-corrected chi connectivity index (χ0v) is 56.1. The molecule has 0 aliphatic heterocycles. The van der Waals surface area contributed by atoms with Gasteiger partial charge in [0.1, 0.15) is 34.7 Å². The highest BCUT2D eigenvalue weighted by Gasteiger charge is 2.46. The number of ether oxygens (including phenoxy) is 3. The minimum absolute atomic E-state index is 0.0479. The molecule has 0 bridgehead atoms. The lowest BCUT2D eigenvalue weighted by Gasteiger charge is -2.21. The Kier molecular flexibility index (Phi) is 22.7. The number of alkyl halides is 12. The second kappa shape index (κ2) is 31.0. The molecule has 3 aromatic heterocycles. The first-order valence-corrected chi connectivity index (χ1v) is 34.4. The molecule has 16 nitrogen and oxygen atoms in total. The Morgan fingerprint density at radius 1 is 0.417 bits per heavy atom. The van der Waals surface area contributed by atoms with Gasteiger partial charge in [-0.2, -0.15) is 61.1 Å². The van der Waals surface area contributed by atoms with Crippen LogP contribution in [0.2, 0.25) is 0 Å². The number of primary sulfonamides is 1. The van der Waals surface area contributed by atoms with E-state index in [2.05, 4.69) is 29.9 Å². The molecule has 0 saturated heterocycles. The van der Waals surface area contributed by atoms with Crippen molar-refractivity contribution in [3.05, 3.63) is 240 Å². The molecule has 0 fully saturated rings. The number of hydrogen-bond acceptors (Lipinski definition) is 11. The molecule has 103 heavy (non-hydrogen) atoms. The number of sulfonamides is 2. The first-order valence-electron chi connectivity index (χ1n) is 31.4. The predicted octanol–water partition coefficient (Wildman–Crippen LogP) is 17.0. The summed E-state index contributed by atoms with van der Waals surface area (Å²) in [6, 6.07) is 55.7. The van der Waals surface area contributed by atoms with Gasteiger partial charge >= 0.3 is 34.1 Å². The number of anilines is 1. The number of aryl methyl sites for hydroxylation is 6. The van der Waals surface area contributed by atoms with Crippen LogP contribution in [0.25, 0.3) is 66.5 Å². The van der Waals surface area contributed by atoms with E-state index < -0.39 is 69.5 Å². The predicted molar refractivity (Wildman–Crippen MR) is 366 cm³/mol. The molecular formula is C73H64F12N8O8S2. The van der Waals surface area contributed by atoms with E-state index in [9.17, 15) is 74.6 Å². The van der Waals surface area contributed by atoms with Crippen LogP contribution in [-0.4, -0.2) is 95.7 Å². The number of imidazole rings is 3. The number of fused-ring (bicyclic) bond motifs is 3. The summed E-state index contributed by atoms with van der Waals surface area (Å²) in [6.07, 6.45) is -9.57. The second-order valence-corrected chi connectivity index (χ2v) is 27.3. The Morgan fingerprint density at radius 2 is 0.748 bits per heavy atom. The maximum Gasteiger partial charge on any atom is 0.516 e. The summed E-state index contributed by atoms with van der Waals surface area (Å²) >= 11 is 0. The normalized spacial score (nSPS) is 12.4. The molecule has 0 spiro atoms.